The number of hydrogen-bond acceptors (Lipinski definition) is 5. The number of nitrogens with one attached hydrogen (secondary N) is 3. The maximum Gasteiger partial charge on any atom is 0.316 e. The fourth-order valence-corrected chi connectivity index (χ4v) is 2.89. The Morgan fingerprint density at radius 3 is 2.62 bits per heavy atom. The van der Waals surface area contributed by atoms with Crippen LogP contribution >= 0.6 is 0 Å². The molecule has 2 heterocycles. The quantitative estimate of drug-likeness (QED) is 0.525. The molecule has 0 saturated carbocycles. The molecule has 29 heavy (non-hydrogen) atoms. The molecule has 4 amide bonds. The number of carbonyl (C=O) groups excluding carboxylic acids is 3. The first-order valence-corrected chi connectivity index (χ1v) is 9.09. The van der Waals surface area contributed by atoms with Gasteiger partial charge < -0.3 is 30.8 Å². The number of ether oxygens (including phenoxy) is 1. The molecule has 0 aliphatic carbocycles. The number of amides is 4. The molecular formula is C20H22N4O5. The molecule has 0 bridgehead atoms. The van der Waals surface area contributed by atoms with Gasteiger partial charge in [0.05, 0.1) is 19.5 Å². The molecule has 9 nitrogen and oxygen atoms in total. The van der Waals surface area contributed by atoms with Gasteiger partial charge in [-0.1, -0.05) is 18.2 Å². The summed E-state index contributed by atoms with van der Waals surface area (Å²) in [6.07, 6.45) is 5.69. The lowest BCUT2D eigenvalue weighted by atomic mass is 10.1. The van der Waals surface area contributed by atoms with E-state index in [1.54, 1.807) is 36.6 Å². The van der Waals surface area contributed by atoms with Crippen LogP contribution in [0.2, 0.25) is 0 Å². The van der Waals surface area contributed by atoms with Gasteiger partial charge in [-0.05, 0) is 18.2 Å². The van der Waals surface area contributed by atoms with E-state index in [9.17, 15) is 14.4 Å². The molecule has 1 aromatic heterocycles. The molecule has 0 radical (unpaired) electrons. The number of anilines is 1. The van der Waals surface area contributed by atoms with Crippen LogP contribution in [0.5, 0.6) is 0 Å². The van der Waals surface area contributed by atoms with Gasteiger partial charge in [-0.3, -0.25) is 9.59 Å². The third kappa shape index (κ3) is 5.45. The zero-order valence-corrected chi connectivity index (χ0v) is 15.7. The van der Waals surface area contributed by atoms with Crippen molar-refractivity contribution in [2.45, 2.75) is 13.0 Å². The van der Waals surface area contributed by atoms with Crippen LogP contribution in [-0.4, -0.2) is 37.5 Å². The largest absolute Gasteiger partial charge is 0.459 e. The number of fused-ring (bicyclic) bond motifs is 1. The van der Waals surface area contributed by atoms with Crippen molar-refractivity contribution in [1.82, 2.24) is 10.6 Å². The van der Waals surface area contributed by atoms with Crippen LogP contribution in [-0.2, 0) is 17.8 Å². The maximum absolute atomic E-state index is 12.2. The SMILES string of the molecule is NC(=O)Nc1cccc(C(=O)NC/C=C/CNC(=O)c2occ3c2CCOC3)c1. The number of carbonyl (C=O) groups is 3. The number of hydrogen-bond donors (Lipinski definition) is 4. The maximum atomic E-state index is 12.2. The molecule has 0 saturated heterocycles. The molecule has 0 unspecified atom stereocenters. The Bertz CT molecular complexity index is 935. The summed E-state index contributed by atoms with van der Waals surface area (Å²) < 4.78 is 10.7. The Hall–Kier alpha value is -3.59. The fourth-order valence-electron chi connectivity index (χ4n) is 2.89. The minimum atomic E-state index is -0.698. The number of urea groups is 1. The average molecular weight is 398 g/mol. The van der Waals surface area contributed by atoms with Gasteiger partial charge in [0.2, 0.25) is 0 Å². The summed E-state index contributed by atoms with van der Waals surface area (Å²) in [7, 11) is 0. The van der Waals surface area contributed by atoms with E-state index < -0.39 is 6.03 Å². The summed E-state index contributed by atoms with van der Waals surface area (Å²) in [6, 6.07) is 5.73. The molecule has 3 rings (SSSR count). The van der Waals surface area contributed by atoms with E-state index in [4.69, 9.17) is 14.9 Å². The third-order valence-electron chi connectivity index (χ3n) is 4.26. The highest BCUT2D eigenvalue weighted by atomic mass is 16.5. The summed E-state index contributed by atoms with van der Waals surface area (Å²) in [5, 5.41) is 7.89. The lowest BCUT2D eigenvalue weighted by Gasteiger charge is -2.11. The van der Waals surface area contributed by atoms with Gasteiger partial charge in [-0.25, -0.2) is 4.79 Å². The molecular weight excluding hydrogens is 376 g/mol. The van der Waals surface area contributed by atoms with E-state index in [0.29, 0.717) is 43.2 Å². The first-order valence-electron chi connectivity index (χ1n) is 9.09. The molecule has 9 heteroatoms. The summed E-state index contributed by atoms with van der Waals surface area (Å²) in [6.45, 7) is 1.63. The van der Waals surface area contributed by atoms with E-state index in [2.05, 4.69) is 16.0 Å². The molecule has 2 aromatic rings. The van der Waals surface area contributed by atoms with Gasteiger partial charge in [0.1, 0.15) is 0 Å². The van der Waals surface area contributed by atoms with Crippen molar-refractivity contribution in [2.75, 3.05) is 25.0 Å². The van der Waals surface area contributed by atoms with Gasteiger partial charge >= 0.3 is 6.03 Å². The number of nitrogens with two attached hydrogens (primary N) is 1. The van der Waals surface area contributed by atoms with Crippen LogP contribution in [0.4, 0.5) is 10.5 Å². The van der Waals surface area contributed by atoms with Crippen molar-refractivity contribution in [3.8, 4) is 0 Å². The Labute approximate surface area is 167 Å². The van der Waals surface area contributed by atoms with E-state index >= 15 is 0 Å². The van der Waals surface area contributed by atoms with E-state index in [1.165, 1.54) is 6.07 Å². The van der Waals surface area contributed by atoms with E-state index in [-0.39, 0.29) is 18.4 Å². The van der Waals surface area contributed by atoms with Gasteiger partial charge in [-0.2, -0.15) is 0 Å². The summed E-state index contributed by atoms with van der Waals surface area (Å²) >= 11 is 0. The second-order valence-electron chi connectivity index (χ2n) is 6.33. The van der Waals surface area contributed by atoms with Crippen molar-refractivity contribution >= 4 is 23.5 Å². The van der Waals surface area contributed by atoms with Crippen molar-refractivity contribution in [3.63, 3.8) is 0 Å². The molecule has 5 N–H and O–H groups in total. The Kier molecular flexibility index (Phi) is 6.64. The highest BCUT2D eigenvalue weighted by Gasteiger charge is 2.22. The van der Waals surface area contributed by atoms with Crippen LogP contribution < -0.4 is 21.7 Å². The third-order valence-corrected chi connectivity index (χ3v) is 4.26. The van der Waals surface area contributed by atoms with Crippen LogP contribution in [0, 0.1) is 0 Å². The molecule has 0 spiro atoms. The Balaban J connectivity index is 1.42. The number of rotatable bonds is 7. The van der Waals surface area contributed by atoms with Gasteiger partial charge in [0.15, 0.2) is 5.76 Å². The van der Waals surface area contributed by atoms with Crippen molar-refractivity contribution in [1.29, 1.82) is 0 Å². The number of benzene rings is 1. The first kappa shape index (κ1) is 20.2. The summed E-state index contributed by atoms with van der Waals surface area (Å²) in [5.74, 6) is -0.244. The van der Waals surface area contributed by atoms with Crippen molar-refractivity contribution in [3.05, 3.63) is 65.1 Å². The van der Waals surface area contributed by atoms with Crippen molar-refractivity contribution in [2.24, 2.45) is 5.73 Å². The van der Waals surface area contributed by atoms with Crippen molar-refractivity contribution < 1.29 is 23.5 Å². The van der Waals surface area contributed by atoms with Gasteiger partial charge in [0, 0.05) is 41.9 Å². The zero-order chi connectivity index (χ0) is 20.6. The minimum absolute atomic E-state index is 0.277. The minimum Gasteiger partial charge on any atom is -0.459 e. The molecule has 1 aliphatic rings. The van der Waals surface area contributed by atoms with Gasteiger partial charge in [-0.15, -0.1) is 0 Å². The lowest BCUT2D eigenvalue weighted by Crippen LogP contribution is -2.26. The predicted octanol–water partition coefficient (Wildman–Crippen LogP) is 1.56. The zero-order valence-electron chi connectivity index (χ0n) is 15.7. The lowest BCUT2D eigenvalue weighted by molar-refractivity contribution is 0.0922. The molecule has 0 atom stereocenters. The average Bonchev–Trinajstić information content (AvgIpc) is 3.14. The highest BCUT2D eigenvalue weighted by molar-refractivity contribution is 5.96. The van der Waals surface area contributed by atoms with E-state index in [1.807, 2.05) is 0 Å². The number of furan rings is 1. The Morgan fingerprint density at radius 1 is 1.10 bits per heavy atom. The summed E-state index contributed by atoms with van der Waals surface area (Å²) in [5.41, 5.74) is 7.71. The highest BCUT2D eigenvalue weighted by Crippen LogP contribution is 2.22. The topological polar surface area (TPSA) is 136 Å². The molecule has 152 valence electrons. The van der Waals surface area contributed by atoms with Crippen LogP contribution in [0.25, 0.3) is 0 Å². The smallest absolute Gasteiger partial charge is 0.316 e. The normalized spacial score (nSPS) is 13.0. The Morgan fingerprint density at radius 2 is 1.86 bits per heavy atom. The van der Waals surface area contributed by atoms with Crippen LogP contribution in [0.1, 0.15) is 32.0 Å². The van der Waals surface area contributed by atoms with Crippen LogP contribution in [0.3, 0.4) is 0 Å². The molecule has 1 aliphatic heterocycles. The molecule has 1 aromatic carbocycles. The fraction of sp³-hybridized carbons (Fsp3) is 0.250. The monoisotopic (exact) mass is 398 g/mol. The second kappa shape index (κ2) is 9.56. The predicted molar refractivity (Wildman–Crippen MR) is 106 cm³/mol. The standard InChI is InChI=1S/C20H22N4O5/c21-20(27)24-15-5-3-4-13(10-15)18(25)22-7-1-2-8-23-19(26)17-16-6-9-28-11-14(16)12-29-17/h1-5,10,12H,6-9,11H2,(H,22,25)(H,23,26)(H3,21,24,27)/b2-1+. The van der Waals surface area contributed by atoms with Gasteiger partial charge in [0.25, 0.3) is 11.8 Å². The molecule has 0 fully saturated rings. The summed E-state index contributed by atoms with van der Waals surface area (Å²) in [4.78, 5) is 35.2. The van der Waals surface area contributed by atoms with Crippen LogP contribution in [0.15, 0.2) is 47.1 Å². The van der Waals surface area contributed by atoms with E-state index in [0.717, 1.165) is 11.1 Å². The first-order chi connectivity index (χ1) is 14.0. The second-order valence-corrected chi connectivity index (χ2v) is 6.33. The number of primary amides is 1.